The minimum atomic E-state index is 0.474. The number of para-hydroxylation sites is 1. The van der Waals surface area contributed by atoms with Crippen LogP contribution in [0.5, 0.6) is 0 Å². The minimum Gasteiger partial charge on any atom is -0.439 e. The maximum atomic E-state index is 5.90. The number of rotatable bonds is 2. The highest BCUT2D eigenvalue weighted by Crippen LogP contribution is 2.30. The number of oxazole rings is 1. The van der Waals surface area contributed by atoms with E-state index in [1.807, 2.05) is 18.2 Å². The number of nitrogens with zero attached hydrogens (tertiary/aromatic N) is 2. The summed E-state index contributed by atoms with van der Waals surface area (Å²) in [6.45, 7) is 7.68. The zero-order chi connectivity index (χ0) is 13.5. The lowest BCUT2D eigenvalue weighted by Gasteiger charge is -2.36. The molecule has 19 heavy (non-hydrogen) atoms. The molecule has 0 spiro atoms. The van der Waals surface area contributed by atoms with E-state index in [0.717, 1.165) is 36.6 Å². The summed E-state index contributed by atoms with van der Waals surface area (Å²) in [4.78, 5) is 6.92. The summed E-state index contributed by atoms with van der Waals surface area (Å²) in [5.74, 6) is 0.771. The van der Waals surface area contributed by atoms with E-state index in [1.165, 1.54) is 12.8 Å². The van der Waals surface area contributed by atoms with Crippen LogP contribution in [0.4, 0.5) is 5.69 Å². The van der Waals surface area contributed by atoms with Gasteiger partial charge in [-0.2, -0.15) is 0 Å². The van der Waals surface area contributed by atoms with Gasteiger partial charge in [-0.25, -0.2) is 4.98 Å². The van der Waals surface area contributed by atoms with Crippen LogP contribution in [0.3, 0.4) is 0 Å². The van der Waals surface area contributed by atoms with Crippen LogP contribution in [0.2, 0.25) is 0 Å². The van der Waals surface area contributed by atoms with Crippen molar-refractivity contribution in [3.8, 4) is 0 Å². The van der Waals surface area contributed by atoms with Gasteiger partial charge in [0.2, 0.25) is 5.89 Å². The third kappa shape index (κ3) is 2.59. The van der Waals surface area contributed by atoms with Crippen molar-refractivity contribution in [2.75, 3.05) is 18.8 Å². The van der Waals surface area contributed by atoms with Crippen LogP contribution in [0.15, 0.2) is 22.6 Å². The minimum absolute atomic E-state index is 0.474. The van der Waals surface area contributed by atoms with Crippen molar-refractivity contribution in [3.63, 3.8) is 0 Å². The molecule has 1 saturated heterocycles. The molecular formula is C15H21N3O. The summed E-state index contributed by atoms with van der Waals surface area (Å²) in [7, 11) is 0. The number of benzene rings is 1. The first-order valence-corrected chi connectivity index (χ1v) is 6.90. The fraction of sp³-hybridized carbons (Fsp3) is 0.533. The average Bonchev–Trinajstić information content (AvgIpc) is 2.76. The quantitative estimate of drug-likeness (QED) is 0.842. The third-order valence-electron chi connectivity index (χ3n) is 4.06. The van der Waals surface area contributed by atoms with Gasteiger partial charge in [0.25, 0.3) is 0 Å². The van der Waals surface area contributed by atoms with Crippen LogP contribution in [0.1, 0.15) is 32.6 Å². The fourth-order valence-corrected chi connectivity index (χ4v) is 2.59. The van der Waals surface area contributed by atoms with Crippen LogP contribution < -0.4 is 5.73 Å². The summed E-state index contributed by atoms with van der Waals surface area (Å²) in [6.07, 6.45) is 2.46. The lowest BCUT2D eigenvalue weighted by atomic mass is 9.83. The molecule has 3 rings (SSSR count). The molecule has 0 aliphatic carbocycles. The van der Waals surface area contributed by atoms with Gasteiger partial charge >= 0.3 is 0 Å². The molecule has 102 valence electrons. The second kappa shape index (κ2) is 4.53. The van der Waals surface area contributed by atoms with E-state index in [1.54, 1.807) is 0 Å². The Hall–Kier alpha value is -1.55. The first-order valence-electron chi connectivity index (χ1n) is 6.90. The Kier molecular flexibility index (Phi) is 2.97. The Morgan fingerprint density at radius 1 is 1.32 bits per heavy atom. The highest BCUT2D eigenvalue weighted by molar-refractivity contribution is 5.85. The van der Waals surface area contributed by atoms with Gasteiger partial charge in [-0.15, -0.1) is 0 Å². The Bertz CT molecular complexity index is 578. The van der Waals surface area contributed by atoms with E-state index in [0.29, 0.717) is 11.1 Å². The van der Waals surface area contributed by atoms with Crippen LogP contribution in [-0.4, -0.2) is 23.0 Å². The molecule has 2 aromatic rings. The molecule has 1 aromatic carbocycles. The molecule has 1 aliphatic heterocycles. The Labute approximate surface area is 113 Å². The number of piperidine rings is 1. The second-order valence-electron chi connectivity index (χ2n) is 6.24. The van der Waals surface area contributed by atoms with Crippen LogP contribution in [0.25, 0.3) is 11.1 Å². The number of anilines is 1. The van der Waals surface area contributed by atoms with Crippen molar-refractivity contribution in [2.24, 2.45) is 5.41 Å². The molecule has 0 radical (unpaired) electrons. The summed E-state index contributed by atoms with van der Waals surface area (Å²) >= 11 is 0. The molecule has 0 bridgehead atoms. The maximum absolute atomic E-state index is 5.90. The van der Waals surface area contributed by atoms with E-state index in [2.05, 4.69) is 23.7 Å². The van der Waals surface area contributed by atoms with Gasteiger partial charge in [0, 0.05) is 0 Å². The second-order valence-corrected chi connectivity index (χ2v) is 6.24. The Morgan fingerprint density at radius 3 is 2.74 bits per heavy atom. The molecule has 0 atom stereocenters. The molecule has 2 N–H and O–H groups in total. The number of likely N-dealkylation sites (tertiary alicyclic amines) is 1. The summed E-state index contributed by atoms with van der Waals surface area (Å²) in [5, 5.41) is 0. The monoisotopic (exact) mass is 259 g/mol. The lowest BCUT2D eigenvalue weighted by molar-refractivity contribution is 0.119. The Morgan fingerprint density at radius 2 is 2.05 bits per heavy atom. The van der Waals surface area contributed by atoms with Crippen molar-refractivity contribution in [1.29, 1.82) is 0 Å². The summed E-state index contributed by atoms with van der Waals surface area (Å²) in [5.41, 5.74) is 8.64. The van der Waals surface area contributed by atoms with Gasteiger partial charge in [-0.1, -0.05) is 19.9 Å². The standard InChI is InChI=1S/C15H21N3O/c1-15(2)6-8-18(9-7-15)10-13-17-14-11(16)4-3-5-12(14)19-13/h3-5H,6-10,16H2,1-2H3. The topological polar surface area (TPSA) is 55.3 Å². The highest BCUT2D eigenvalue weighted by Gasteiger charge is 2.26. The zero-order valence-corrected chi connectivity index (χ0v) is 11.6. The zero-order valence-electron chi connectivity index (χ0n) is 11.6. The molecule has 4 nitrogen and oxygen atoms in total. The number of fused-ring (bicyclic) bond motifs is 1. The van der Waals surface area contributed by atoms with Gasteiger partial charge in [0.15, 0.2) is 5.58 Å². The molecule has 1 aliphatic rings. The predicted molar refractivity (Wildman–Crippen MR) is 76.7 cm³/mol. The molecule has 0 saturated carbocycles. The molecular weight excluding hydrogens is 238 g/mol. The predicted octanol–water partition coefficient (Wildman–Crippen LogP) is 3.03. The van der Waals surface area contributed by atoms with Crippen LogP contribution in [-0.2, 0) is 6.54 Å². The van der Waals surface area contributed by atoms with Gasteiger partial charge in [0.1, 0.15) is 5.52 Å². The smallest absolute Gasteiger partial charge is 0.209 e. The number of nitrogens with two attached hydrogens (primary N) is 1. The molecule has 2 heterocycles. The van der Waals surface area contributed by atoms with Gasteiger partial charge < -0.3 is 10.2 Å². The van der Waals surface area contributed by atoms with Crippen molar-refractivity contribution < 1.29 is 4.42 Å². The third-order valence-corrected chi connectivity index (χ3v) is 4.06. The number of hydrogen-bond donors (Lipinski definition) is 1. The summed E-state index contributed by atoms with van der Waals surface area (Å²) in [6, 6.07) is 5.68. The van der Waals surface area contributed by atoms with E-state index in [4.69, 9.17) is 10.2 Å². The van der Waals surface area contributed by atoms with Gasteiger partial charge in [-0.3, -0.25) is 4.90 Å². The number of nitrogen functional groups attached to an aromatic ring is 1. The Balaban J connectivity index is 1.74. The summed E-state index contributed by atoms with van der Waals surface area (Å²) < 4.78 is 5.77. The van der Waals surface area contributed by atoms with Crippen LogP contribution in [0, 0.1) is 5.41 Å². The first-order chi connectivity index (χ1) is 9.03. The number of aromatic nitrogens is 1. The first kappa shape index (κ1) is 12.5. The molecule has 1 aromatic heterocycles. The normalized spacial score (nSPS) is 19.9. The van der Waals surface area contributed by atoms with E-state index in [-0.39, 0.29) is 0 Å². The van der Waals surface area contributed by atoms with Crippen LogP contribution >= 0.6 is 0 Å². The molecule has 1 fully saturated rings. The van der Waals surface area contributed by atoms with E-state index < -0.39 is 0 Å². The van der Waals surface area contributed by atoms with E-state index >= 15 is 0 Å². The number of hydrogen-bond acceptors (Lipinski definition) is 4. The van der Waals surface area contributed by atoms with Gasteiger partial charge in [0.05, 0.1) is 12.2 Å². The van der Waals surface area contributed by atoms with E-state index in [9.17, 15) is 0 Å². The SMILES string of the molecule is CC1(C)CCN(Cc2nc3c(N)cccc3o2)CC1. The van der Waals surface area contributed by atoms with Crippen molar-refractivity contribution in [2.45, 2.75) is 33.2 Å². The molecule has 0 unspecified atom stereocenters. The highest BCUT2D eigenvalue weighted by atomic mass is 16.3. The average molecular weight is 259 g/mol. The van der Waals surface area contributed by atoms with Crippen molar-refractivity contribution in [1.82, 2.24) is 9.88 Å². The van der Waals surface area contributed by atoms with Crippen molar-refractivity contribution in [3.05, 3.63) is 24.1 Å². The van der Waals surface area contributed by atoms with Gasteiger partial charge in [-0.05, 0) is 43.5 Å². The largest absolute Gasteiger partial charge is 0.439 e. The fourth-order valence-electron chi connectivity index (χ4n) is 2.59. The van der Waals surface area contributed by atoms with Crippen molar-refractivity contribution >= 4 is 16.8 Å². The molecule has 4 heteroatoms. The molecule has 0 amide bonds. The maximum Gasteiger partial charge on any atom is 0.209 e. The lowest BCUT2D eigenvalue weighted by Crippen LogP contribution is -2.36.